The molecule has 0 radical (unpaired) electrons. The van der Waals surface area contributed by atoms with E-state index in [0.717, 1.165) is 40.4 Å². The number of nitrogens with zero attached hydrogens (tertiary/aromatic N) is 3. The normalized spacial score (nSPS) is 11.4. The summed E-state index contributed by atoms with van der Waals surface area (Å²) >= 11 is 1.57. The van der Waals surface area contributed by atoms with Gasteiger partial charge in [-0.25, -0.2) is 9.97 Å². The molecule has 0 spiro atoms. The van der Waals surface area contributed by atoms with Crippen LogP contribution in [-0.4, -0.2) is 27.0 Å². The molecule has 1 N–H and O–H groups in total. The van der Waals surface area contributed by atoms with Crippen molar-refractivity contribution >= 4 is 34.4 Å². The Balaban J connectivity index is 1.47. The topological polar surface area (TPSA) is 59.8 Å². The zero-order valence-corrected chi connectivity index (χ0v) is 14.6. The van der Waals surface area contributed by atoms with Gasteiger partial charge in [-0.15, -0.1) is 11.3 Å². The second kappa shape index (κ2) is 7.40. The third-order valence-corrected chi connectivity index (χ3v) is 4.59. The lowest BCUT2D eigenvalue weighted by atomic mass is 10.3. The van der Waals surface area contributed by atoms with Crippen LogP contribution in [0, 0.1) is 6.92 Å². The van der Waals surface area contributed by atoms with Crippen LogP contribution >= 0.6 is 11.3 Å². The molecule has 2 heterocycles. The van der Waals surface area contributed by atoms with E-state index in [1.54, 1.807) is 17.4 Å². The number of carbonyl (C=O) groups excluding carboxylic acids is 1. The highest BCUT2D eigenvalue weighted by atomic mass is 32.1. The van der Waals surface area contributed by atoms with Gasteiger partial charge in [0.25, 0.3) is 0 Å². The van der Waals surface area contributed by atoms with E-state index in [9.17, 15) is 4.79 Å². The predicted molar refractivity (Wildman–Crippen MR) is 97.9 cm³/mol. The first-order valence-corrected chi connectivity index (χ1v) is 8.80. The second-order valence-electron chi connectivity index (χ2n) is 5.60. The van der Waals surface area contributed by atoms with Gasteiger partial charge in [0.1, 0.15) is 5.82 Å². The number of aryl methyl sites for hydroxylation is 3. The number of benzene rings is 1. The van der Waals surface area contributed by atoms with E-state index in [0.29, 0.717) is 6.54 Å². The lowest BCUT2D eigenvalue weighted by molar-refractivity contribution is -0.116. The summed E-state index contributed by atoms with van der Waals surface area (Å²) in [7, 11) is 2.03. The van der Waals surface area contributed by atoms with Crippen molar-refractivity contribution in [2.24, 2.45) is 7.05 Å². The Labute approximate surface area is 145 Å². The van der Waals surface area contributed by atoms with Gasteiger partial charge >= 0.3 is 0 Å². The number of aromatic nitrogens is 3. The predicted octanol–water partition coefficient (Wildman–Crippen LogP) is 3.10. The molecule has 0 saturated heterocycles. The molecule has 24 heavy (non-hydrogen) atoms. The quantitative estimate of drug-likeness (QED) is 0.554. The highest BCUT2D eigenvalue weighted by Crippen LogP contribution is 2.15. The molecule has 0 unspecified atom stereocenters. The van der Waals surface area contributed by atoms with Crippen LogP contribution in [-0.2, 0) is 18.3 Å². The molecule has 124 valence electrons. The Morgan fingerprint density at radius 1 is 1.33 bits per heavy atom. The molecular weight excluding hydrogens is 320 g/mol. The Kier molecular flexibility index (Phi) is 5.05. The first-order valence-electron chi connectivity index (χ1n) is 7.92. The summed E-state index contributed by atoms with van der Waals surface area (Å²) in [5.41, 5.74) is 2.98. The molecule has 0 atom stereocenters. The van der Waals surface area contributed by atoms with E-state index in [-0.39, 0.29) is 5.91 Å². The third kappa shape index (κ3) is 3.89. The fraction of sp³-hybridized carbons (Fsp3) is 0.278. The summed E-state index contributed by atoms with van der Waals surface area (Å²) < 4.78 is 2.11. The molecule has 6 heteroatoms. The number of hydrogen-bond donors (Lipinski definition) is 1. The summed E-state index contributed by atoms with van der Waals surface area (Å²) in [6.07, 6.45) is 4.96. The van der Waals surface area contributed by atoms with Gasteiger partial charge in [-0.2, -0.15) is 0 Å². The summed E-state index contributed by atoms with van der Waals surface area (Å²) in [5, 5.41) is 5.83. The van der Waals surface area contributed by atoms with Gasteiger partial charge in [0.2, 0.25) is 5.91 Å². The van der Waals surface area contributed by atoms with Gasteiger partial charge in [0.05, 0.1) is 21.7 Å². The second-order valence-corrected chi connectivity index (χ2v) is 6.66. The molecule has 0 aliphatic rings. The zero-order valence-electron chi connectivity index (χ0n) is 13.8. The van der Waals surface area contributed by atoms with Crippen LogP contribution in [0.5, 0.6) is 0 Å². The standard InChI is InChI=1S/C18H20N4OS/c1-13-20-14(12-24-13)9-10-18(23)19-11-5-8-17-21-15-6-3-4-7-16(15)22(17)2/h3-4,6-7,9-10,12H,5,8,11H2,1-2H3,(H,19,23)/b10-9-. The number of imidazole rings is 1. The summed E-state index contributed by atoms with van der Waals surface area (Å²) in [4.78, 5) is 20.7. The Morgan fingerprint density at radius 2 is 2.17 bits per heavy atom. The molecular formula is C18H20N4OS. The smallest absolute Gasteiger partial charge is 0.244 e. The van der Waals surface area contributed by atoms with Crippen molar-refractivity contribution in [2.75, 3.05) is 6.54 Å². The maximum absolute atomic E-state index is 11.8. The van der Waals surface area contributed by atoms with Gasteiger partial charge in [0, 0.05) is 31.5 Å². The first kappa shape index (κ1) is 16.4. The Bertz CT molecular complexity index is 878. The van der Waals surface area contributed by atoms with Crippen molar-refractivity contribution in [1.82, 2.24) is 19.9 Å². The van der Waals surface area contributed by atoms with Crippen LogP contribution in [0.1, 0.15) is 22.9 Å². The van der Waals surface area contributed by atoms with Crippen molar-refractivity contribution < 1.29 is 4.79 Å². The van der Waals surface area contributed by atoms with Gasteiger partial charge in [-0.1, -0.05) is 12.1 Å². The van der Waals surface area contributed by atoms with Crippen molar-refractivity contribution in [3.05, 3.63) is 52.2 Å². The number of carbonyl (C=O) groups is 1. The van der Waals surface area contributed by atoms with Crippen LogP contribution < -0.4 is 5.32 Å². The van der Waals surface area contributed by atoms with Crippen LogP contribution in [0.25, 0.3) is 17.1 Å². The SMILES string of the molecule is Cc1nc(/C=C\C(=O)NCCCc2nc3ccccc3n2C)cs1. The minimum absolute atomic E-state index is 0.0920. The van der Waals surface area contributed by atoms with E-state index in [2.05, 4.69) is 25.9 Å². The Hall–Kier alpha value is -2.47. The van der Waals surface area contributed by atoms with Crippen molar-refractivity contribution in [2.45, 2.75) is 19.8 Å². The minimum atomic E-state index is -0.0920. The lowest BCUT2D eigenvalue weighted by Gasteiger charge is -2.03. The molecule has 2 aromatic heterocycles. The van der Waals surface area contributed by atoms with Gasteiger partial charge < -0.3 is 9.88 Å². The van der Waals surface area contributed by atoms with Crippen LogP contribution in [0.4, 0.5) is 0 Å². The molecule has 3 rings (SSSR count). The molecule has 0 fully saturated rings. The zero-order chi connectivity index (χ0) is 16.9. The van der Waals surface area contributed by atoms with Crippen molar-refractivity contribution in [3.63, 3.8) is 0 Å². The first-order chi connectivity index (χ1) is 11.6. The summed E-state index contributed by atoms with van der Waals surface area (Å²) in [6, 6.07) is 8.10. The number of hydrogen-bond acceptors (Lipinski definition) is 4. The number of amides is 1. The van der Waals surface area contributed by atoms with Gasteiger partial charge in [-0.3, -0.25) is 4.79 Å². The summed E-state index contributed by atoms with van der Waals surface area (Å²) in [5.74, 6) is 0.949. The minimum Gasteiger partial charge on any atom is -0.353 e. The molecule has 3 aromatic rings. The van der Waals surface area contributed by atoms with E-state index in [1.165, 1.54) is 6.08 Å². The molecule has 1 amide bonds. The molecule has 0 bridgehead atoms. The molecule has 0 aliphatic heterocycles. The highest BCUT2D eigenvalue weighted by Gasteiger charge is 2.06. The largest absolute Gasteiger partial charge is 0.353 e. The Morgan fingerprint density at radius 3 is 2.92 bits per heavy atom. The maximum atomic E-state index is 11.8. The third-order valence-electron chi connectivity index (χ3n) is 3.80. The monoisotopic (exact) mass is 340 g/mol. The maximum Gasteiger partial charge on any atom is 0.244 e. The van der Waals surface area contributed by atoms with E-state index in [1.807, 2.05) is 37.6 Å². The highest BCUT2D eigenvalue weighted by molar-refractivity contribution is 7.09. The number of fused-ring (bicyclic) bond motifs is 1. The van der Waals surface area contributed by atoms with E-state index in [4.69, 9.17) is 0 Å². The fourth-order valence-electron chi connectivity index (χ4n) is 2.55. The average Bonchev–Trinajstić information content (AvgIpc) is 3.14. The van der Waals surface area contributed by atoms with E-state index >= 15 is 0 Å². The van der Waals surface area contributed by atoms with Crippen molar-refractivity contribution in [1.29, 1.82) is 0 Å². The van der Waals surface area contributed by atoms with Gasteiger partial charge in [-0.05, 0) is 31.6 Å². The number of rotatable bonds is 6. The number of nitrogens with one attached hydrogen (secondary N) is 1. The fourth-order valence-corrected chi connectivity index (χ4v) is 3.13. The lowest BCUT2D eigenvalue weighted by Crippen LogP contribution is -2.22. The van der Waals surface area contributed by atoms with Gasteiger partial charge in [0.15, 0.2) is 0 Å². The van der Waals surface area contributed by atoms with Crippen LogP contribution in [0.3, 0.4) is 0 Å². The van der Waals surface area contributed by atoms with E-state index < -0.39 is 0 Å². The van der Waals surface area contributed by atoms with Crippen LogP contribution in [0.2, 0.25) is 0 Å². The van der Waals surface area contributed by atoms with Crippen molar-refractivity contribution in [3.8, 4) is 0 Å². The molecule has 1 aromatic carbocycles. The summed E-state index contributed by atoms with van der Waals surface area (Å²) in [6.45, 7) is 2.57. The van der Waals surface area contributed by atoms with Crippen LogP contribution in [0.15, 0.2) is 35.7 Å². The average molecular weight is 340 g/mol. The molecule has 0 aliphatic carbocycles. The number of para-hydroxylation sites is 2. The molecule has 5 nitrogen and oxygen atoms in total. The molecule has 0 saturated carbocycles. The number of thiazole rings is 1.